The summed E-state index contributed by atoms with van der Waals surface area (Å²) < 4.78 is 19.0. The Hall–Kier alpha value is -1.10. The molecule has 0 aliphatic heterocycles. The molecule has 1 aromatic rings. The number of nitrogens with one attached hydrogen (secondary N) is 1. The highest BCUT2D eigenvalue weighted by molar-refractivity contribution is 9.10. The predicted molar refractivity (Wildman–Crippen MR) is 77.8 cm³/mol. The van der Waals surface area contributed by atoms with Crippen molar-refractivity contribution in [3.05, 3.63) is 28.0 Å². The maximum atomic E-state index is 13.4. The molecule has 0 fully saturated rings. The van der Waals surface area contributed by atoms with Gasteiger partial charge in [-0.05, 0) is 61.3 Å². The van der Waals surface area contributed by atoms with Crippen molar-refractivity contribution < 1.29 is 13.9 Å². The molecule has 1 rings (SSSR count). The number of benzene rings is 1. The van der Waals surface area contributed by atoms with E-state index in [-0.39, 0.29) is 18.2 Å². The first kappa shape index (κ1) is 16.0. The average molecular weight is 332 g/mol. The second kappa shape index (κ2) is 6.37. The average Bonchev–Trinajstić information content (AvgIpc) is 2.22. The summed E-state index contributed by atoms with van der Waals surface area (Å²) in [5, 5.41) is 3.04. The van der Waals surface area contributed by atoms with Crippen LogP contribution < -0.4 is 5.32 Å². The van der Waals surface area contributed by atoms with E-state index in [1.54, 1.807) is 6.07 Å². The molecule has 5 heteroatoms. The van der Waals surface area contributed by atoms with Crippen molar-refractivity contribution in [1.82, 2.24) is 0 Å². The Bertz CT molecular complexity index is 469. The van der Waals surface area contributed by atoms with Gasteiger partial charge in [0.2, 0.25) is 0 Å². The number of halogens is 2. The van der Waals surface area contributed by atoms with E-state index in [2.05, 4.69) is 21.2 Å². The summed E-state index contributed by atoms with van der Waals surface area (Å²) in [4.78, 5) is 11.5. The first-order valence-corrected chi connectivity index (χ1v) is 6.90. The Morgan fingerprint density at radius 2 is 2.05 bits per heavy atom. The number of carbonyl (C=O) groups excluding carboxylic acids is 1. The largest absolute Gasteiger partial charge is 0.460 e. The third-order valence-electron chi connectivity index (χ3n) is 2.33. The minimum absolute atomic E-state index is 0.244. The van der Waals surface area contributed by atoms with Gasteiger partial charge in [-0.1, -0.05) is 0 Å². The number of anilines is 1. The maximum absolute atomic E-state index is 13.4. The van der Waals surface area contributed by atoms with Gasteiger partial charge in [-0.3, -0.25) is 4.79 Å². The van der Waals surface area contributed by atoms with Gasteiger partial charge in [0.05, 0.1) is 10.9 Å². The van der Waals surface area contributed by atoms with Gasteiger partial charge < -0.3 is 10.1 Å². The fraction of sp³-hybridized carbons (Fsp3) is 0.500. The molecule has 0 spiro atoms. The third kappa shape index (κ3) is 5.59. The quantitative estimate of drug-likeness (QED) is 0.846. The lowest BCUT2D eigenvalue weighted by Gasteiger charge is -2.19. The van der Waals surface area contributed by atoms with Crippen LogP contribution in [0.5, 0.6) is 0 Å². The van der Waals surface area contributed by atoms with Crippen LogP contribution in [0.15, 0.2) is 16.6 Å². The van der Waals surface area contributed by atoms with Crippen LogP contribution >= 0.6 is 15.9 Å². The van der Waals surface area contributed by atoms with Gasteiger partial charge in [-0.15, -0.1) is 0 Å². The van der Waals surface area contributed by atoms with Gasteiger partial charge in [0.1, 0.15) is 11.4 Å². The Labute approximate surface area is 121 Å². The van der Waals surface area contributed by atoms with Crippen molar-refractivity contribution in [2.24, 2.45) is 0 Å². The Morgan fingerprint density at radius 3 is 2.63 bits per heavy atom. The lowest BCUT2D eigenvalue weighted by Crippen LogP contribution is -2.25. The van der Waals surface area contributed by atoms with Gasteiger partial charge in [-0.25, -0.2) is 4.39 Å². The number of hydrogen-bond acceptors (Lipinski definition) is 3. The van der Waals surface area contributed by atoms with E-state index in [0.717, 1.165) is 5.56 Å². The van der Waals surface area contributed by atoms with Gasteiger partial charge in [0, 0.05) is 12.2 Å². The zero-order valence-corrected chi connectivity index (χ0v) is 13.2. The first-order valence-electron chi connectivity index (χ1n) is 6.10. The summed E-state index contributed by atoms with van der Waals surface area (Å²) in [6.07, 6.45) is 0.244. The SMILES string of the molecule is Cc1cc(Br)c(F)cc1NCCC(=O)OC(C)(C)C. The molecule has 0 unspecified atom stereocenters. The normalized spacial score (nSPS) is 11.3. The summed E-state index contributed by atoms with van der Waals surface area (Å²) in [6, 6.07) is 3.11. The number of esters is 1. The molecule has 106 valence electrons. The number of ether oxygens (including phenoxy) is 1. The van der Waals surface area contributed by atoms with Crippen molar-refractivity contribution in [3.8, 4) is 0 Å². The van der Waals surface area contributed by atoms with Crippen molar-refractivity contribution in [1.29, 1.82) is 0 Å². The second-order valence-corrected chi connectivity index (χ2v) is 6.20. The smallest absolute Gasteiger partial charge is 0.308 e. The summed E-state index contributed by atoms with van der Waals surface area (Å²) in [5.41, 5.74) is 1.12. The molecule has 0 aliphatic rings. The lowest BCUT2D eigenvalue weighted by molar-refractivity contribution is -0.154. The van der Waals surface area contributed by atoms with Crippen LogP contribution in [-0.4, -0.2) is 18.1 Å². The Balaban J connectivity index is 2.50. The number of aryl methyl sites for hydroxylation is 1. The molecule has 0 radical (unpaired) electrons. The molecule has 0 atom stereocenters. The lowest BCUT2D eigenvalue weighted by atomic mass is 10.2. The van der Waals surface area contributed by atoms with Crippen molar-refractivity contribution >= 4 is 27.6 Å². The molecule has 19 heavy (non-hydrogen) atoms. The van der Waals surface area contributed by atoms with E-state index in [4.69, 9.17) is 4.74 Å². The summed E-state index contributed by atoms with van der Waals surface area (Å²) in [7, 11) is 0. The van der Waals surface area contributed by atoms with E-state index >= 15 is 0 Å². The molecule has 1 N–H and O–H groups in total. The minimum Gasteiger partial charge on any atom is -0.460 e. The fourth-order valence-corrected chi connectivity index (χ4v) is 1.99. The van der Waals surface area contributed by atoms with Crippen molar-refractivity contribution in [3.63, 3.8) is 0 Å². The van der Waals surface area contributed by atoms with Crippen LogP contribution in [0.2, 0.25) is 0 Å². The topological polar surface area (TPSA) is 38.3 Å². The molecule has 0 saturated heterocycles. The van der Waals surface area contributed by atoms with Crippen LogP contribution in [0.25, 0.3) is 0 Å². The summed E-state index contributed by atoms with van der Waals surface area (Å²) in [5.74, 6) is -0.597. The van der Waals surface area contributed by atoms with E-state index in [1.165, 1.54) is 6.07 Å². The third-order valence-corrected chi connectivity index (χ3v) is 2.94. The molecule has 0 amide bonds. The van der Waals surface area contributed by atoms with Crippen molar-refractivity contribution in [2.45, 2.75) is 39.7 Å². The fourth-order valence-electron chi connectivity index (χ4n) is 1.53. The van der Waals surface area contributed by atoms with Crippen LogP contribution in [0.1, 0.15) is 32.8 Å². The van der Waals surface area contributed by atoms with E-state index in [1.807, 2.05) is 27.7 Å². The van der Waals surface area contributed by atoms with Crippen LogP contribution in [0.4, 0.5) is 10.1 Å². The molecule has 0 bridgehead atoms. The monoisotopic (exact) mass is 331 g/mol. The summed E-state index contributed by atoms with van der Waals surface area (Å²) in [6.45, 7) is 7.77. The highest BCUT2D eigenvalue weighted by Crippen LogP contribution is 2.23. The maximum Gasteiger partial charge on any atom is 0.308 e. The standard InChI is InChI=1S/C14H19BrFNO2/c1-9-7-10(15)11(16)8-12(9)17-6-5-13(18)19-14(2,3)4/h7-8,17H,5-6H2,1-4H3. The van der Waals surface area contributed by atoms with Gasteiger partial charge in [0.15, 0.2) is 0 Å². The number of rotatable bonds is 4. The molecular weight excluding hydrogens is 313 g/mol. The number of carbonyl (C=O) groups is 1. The van der Waals surface area contributed by atoms with E-state index in [0.29, 0.717) is 16.7 Å². The van der Waals surface area contributed by atoms with Gasteiger partial charge >= 0.3 is 5.97 Å². The predicted octanol–water partition coefficient (Wildman–Crippen LogP) is 4.04. The van der Waals surface area contributed by atoms with Crippen molar-refractivity contribution in [2.75, 3.05) is 11.9 Å². The zero-order valence-electron chi connectivity index (χ0n) is 11.6. The van der Waals surface area contributed by atoms with Crippen LogP contribution in [0, 0.1) is 12.7 Å². The van der Waals surface area contributed by atoms with Gasteiger partial charge in [-0.2, -0.15) is 0 Å². The summed E-state index contributed by atoms with van der Waals surface area (Å²) >= 11 is 3.13. The number of hydrogen-bond donors (Lipinski definition) is 1. The molecule has 0 aliphatic carbocycles. The molecular formula is C14H19BrFNO2. The van der Waals surface area contributed by atoms with E-state index < -0.39 is 5.60 Å². The second-order valence-electron chi connectivity index (χ2n) is 5.34. The minimum atomic E-state index is -0.475. The van der Waals surface area contributed by atoms with E-state index in [9.17, 15) is 9.18 Å². The highest BCUT2D eigenvalue weighted by atomic mass is 79.9. The molecule has 0 aromatic heterocycles. The Kier molecular flexibility index (Phi) is 5.35. The van der Waals surface area contributed by atoms with Gasteiger partial charge in [0.25, 0.3) is 0 Å². The first-order chi connectivity index (χ1) is 8.69. The van der Waals surface area contributed by atoms with Crippen LogP contribution in [-0.2, 0) is 9.53 Å². The Morgan fingerprint density at radius 1 is 1.42 bits per heavy atom. The zero-order chi connectivity index (χ0) is 14.6. The van der Waals surface area contributed by atoms with Crippen LogP contribution in [0.3, 0.4) is 0 Å². The molecule has 0 saturated carbocycles. The molecule has 3 nitrogen and oxygen atoms in total. The molecule has 0 heterocycles. The highest BCUT2D eigenvalue weighted by Gasteiger charge is 2.15. The molecule has 1 aromatic carbocycles.